The van der Waals surface area contributed by atoms with Gasteiger partial charge in [0.1, 0.15) is 10.9 Å². The minimum Gasteiger partial charge on any atom is -0.491 e. The average molecular weight is 406 g/mol. The first-order valence-electron chi connectivity index (χ1n) is 9.33. The van der Waals surface area contributed by atoms with Gasteiger partial charge in [-0.2, -0.15) is 5.10 Å². The van der Waals surface area contributed by atoms with Crippen molar-refractivity contribution < 1.29 is 14.3 Å². The molecule has 152 valence electrons. The second-order valence-corrected chi connectivity index (χ2v) is 8.00. The monoisotopic (exact) mass is 405 g/mol. The van der Waals surface area contributed by atoms with Gasteiger partial charge in [0.2, 0.25) is 0 Å². The van der Waals surface area contributed by atoms with Crippen LogP contribution in [0.5, 0.6) is 5.75 Å². The van der Waals surface area contributed by atoms with Crippen molar-refractivity contribution in [1.29, 1.82) is 0 Å². The molecule has 2 aromatic rings. The number of nitrogens with one attached hydrogen (secondary N) is 1. The van der Waals surface area contributed by atoms with Gasteiger partial charge in [0.15, 0.2) is 5.78 Å². The summed E-state index contributed by atoms with van der Waals surface area (Å²) in [5, 5.41) is 7.33. The smallest absolute Gasteiger partial charge is 0.257 e. The molecule has 0 radical (unpaired) electrons. The number of aromatic nitrogens is 2. The predicted molar refractivity (Wildman–Crippen MR) is 110 cm³/mol. The molecule has 0 aliphatic carbocycles. The van der Waals surface area contributed by atoms with Crippen LogP contribution in [-0.2, 0) is 13.5 Å². The van der Waals surface area contributed by atoms with Gasteiger partial charge in [0.05, 0.1) is 22.9 Å². The zero-order valence-corrected chi connectivity index (χ0v) is 18.3. The first-order valence-corrected chi connectivity index (χ1v) is 9.71. The third-order valence-corrected chi connectivity index (χ3v) is 4.85. The first kappa shape index (κ1) is 22.0. The summed E-state index contributed by atoms with van der Waals surface area (Å²) in [4.78, 5) is 26.0. The molecular formula is C21H28ClN3O3. The second kappa shape index (κ2) is 8.35. The Kier molecular flexibility index (Phi) is 6.55. The van der Waals surface area contributed by atoms with Crippen molar-refractivity contribution >= 4 is 23.3 Å². The lowest BCUT2D eigenvalue weighted by Crippen LogP contribution is -2.50. The molecule has 1 amide bonds. The lowest BCUT2D eigenvalue weighted by Gasteiger charge is -2.26. The Labute approximate surface area is 171 Å². The van der Waals surface area contributed by atoms with E-state index in [4.69, 9.17) is 16.3 Å². The summed E-state index contributed by atoms with van der Waals surface area (Å²) in [7, 11) is 1.68. The van der Waals surface area contributed by atoms with Gasteiger partial charge >= 0.3 is 0 Å². The van der Waals surface area contributed by atoms with E-state index in [0.29, 0.717) is 29.0 Å². The van der Waals surface area contributed by atoms with Gasteiger partial charge in [0, 0.05) is 12.6 Å². The van der Waals surface area contributed by atoms with Crippen LogP contribution < -0.4 is 10.1 Å². The number of hydrogen-bond donors (Lipinski definition) is 1. The highest BCUT2D eigenvalue weighted by Gasteiger charge is 2.33. The lowest BCUT2D eigenvalue weighted by atomic mass is 9.90. The number of carbonyl (C=O) groups excluding carboxylic acids is 2. The number of benzene rings is 1. The van der Waals surface area contributed by atoms with E-state index in [1.165, 1.54) is 4.68 Å². The van der Waals surface area contributed by atoms with Gasteiger partial charge in [-0.3, -0.25) is 14.3 Å². The van der Waals surface area contributed by atoms with Gasteiger partial charge < -0.3 is 10.1 Å². The molecule has 0 saturated carbocycles. The van der Waals surface area contributed by atoms with Crippen molar-refractivity contribution in [2.75, 3.05) is 0 Å². The summed E-state index contributed by atoms with van der Waals surface area (Å²) >= 11 is 6.24. The summed E-state index contributed by atoms with van der Waals surface area (Å²) in [5.41, 5.74) is 1.12. The number of ether oxygens (including phenoxy) is 1. The summed E-state index contributed by atoms with van der Waals surface area (Å²) in [6.07, 6.45) is 0.613. The zero-order valence-electron chi connectivity index (χ0n) is 17.5. The van der Waals surface area contributed by atoms with Crippen LogP contribution in [0.4, 0.5) is 0 Å². The fourth-order valence-electron chi connectivity index (χ4n) is 3.00. The molecule has 0 saturated heterocycles. The highest BCUT2D eigenvalue weighted by Crippen LogP contribution is 2.24. The van der Waals surface area contributed by atoms with Crippen LogP contribution in [0.2, 0.25) is 5.15 Å². The Morgan fingerprint density at radius 1 is 1.32 bits per heavy atom. The standard InChI is InChI=1S/C21H28ClN3O3/c1-8-16-17(19(22)25(7)24-16)20(27)23-21(5,6)18(26)15-10-9-14(11-13(15)4)28-12(2)3/h9-12H,8H2,1-7H3,(H,23,27). The number of aryl methyl sites for hydroxylation is 3. The minimum atomic E-state index is -1.12. The number of rotatable bonds is 7. The van der Waals surface area contributed by atoms with E-state index in [1.54, 1.807) is 33.0 Å². The van der Waals surface area contributed by atoms with Crippen LogP contribution in [0.3, 0.4) is 0 Å². The number of halogens is 1. The van der Waals surface area contributed by atoms with Crippen LogP contribution in [0.1, 0.15) is 66.6 Å². The van der Waals surface area contributed by atoms with Crippen LogP contribution >= 0.6 is 11.6 Å². The fraction of sp³-hybridized carbons (Fsp3) is 0.476. The second-order valence-electron chi connectivity index (χ2n) is 7.64. The van der Waals surface area contributed by atoms with Crippen molar-refractivity contribution in [3.05, 3.63) is 45.7 Å². The quantitative estimate of drug-likeness (QED) is 0.703. The number of nitrogens with zero attached hydrogens (tertiary/aromatic N) is 2. The maximum atomic E-state index is 13.1. The van der Waals surface area contributed by atoms with Crippen molar-refractivity contribution in [2.24, 2.45) is 7.05 Å². The highest BCUT2D eigenvalue weighted by molar-refractivity contribution is 6.33. The van der Waals surface area contributed by atoms with Crippen molar-refractivity contribution in [3.63, 3.8) is 0 Å². The van der Waals surface area contributed by atoms with E-state index in [0.717, 1.165) is 5.56 Å². The molecule has 6 nitrogen and oxygen atoms in total. The molecule has 1 aromatic heterocycles. The Morgan fingerprint density at radius 3 is 2.50 bits per heavy atom. The molecule has 7 heteroatoms. The topological polar surface area (TPSA) is 73.2 Å². The number of ketones is 1. The van der Waals surface area contributed by atoms with Gasteiger partial charge in [-0.15, -0.1) is 0 Å². The summed E-state index contributed by atoms with van der Waals surface area (Å²) in [6.45, 7) is 11.0. The van der Waals surface area contributed by atoms with Crippen LogP contribution in [-0.4, -0.2) is 33.1 Å². The van der Waals surface area contributed by atoms with Crippen LogP contribution in [0.15, 0.2) is 18.2 Å². The van der Waals surface area contributed by atoms with Crippen LogP contribution in [0, 0.1) is 6.92 Å². The van der Waals surface area contributed by atoms with E-state index in [2.05, 4.69) is 10.4 Å². The van der Waals surface area contributed by atoms with Crippen molar-refractivity contribution in [1.82, 2.24) is 15.1 Å². The molecule has 28 heavy (non-hydrogen) atoms. The minimum absolute atomic E-state index is 0.0497. The molecular weight excluding hydrogens is 378 g/mol. The maximum absolute atomic E-state index is 13.1. The predicted octanol–water partition coefficient (Wildman–Crippen LogP) is 4.12. The Bertz CT molecular complexity index is 901. The number of Topliss-reactive ketones (excluding diaryl/α,β-unsaturated/α-hetero) is 1. The van der Waals surface area contributed by atoms with E-state index < -0.39 is 11.4 Å². The van der Waals surface area contributed by atoms with Gasteiger partial charge in [0.25, 0.3) is 5.91 Å². The molecule has 0 spiro atoms. The largest absolute Gasteiger partial charge is 0.491 e. The molecule has 0 unspecified atom stereocenters. The molecule has 1 heterocycles. The average Bonchev–Trinajstić information content (AvgIpc) is 2.88. The van der Waals surface area contributed by atoms with Crippen molar-refractivity contribution in [3.8, 4) is 5.75 Å². The molecule has 0 fully saturated rings. The number of amides is 1. The summed E-state index contributed by atoms with van der Waals surface area (Å²) < 4.78 is 7.13. The maximum Gasteiger partial charge on any atom is 0.257 e. The normalized spacial score (nSPS) is 11.6. The molecule has 0 aliphatic rings. The van der Waals surface area contributed by atoms with Gasteiger partial charge in [-0.1, -0.05) is 18.5 Å². The lowest BCUT2D eigenvalue weighted by molar-refractivity contribution is 0.0797. The van der Waals surface area contributed by atoms with Crippen molar-refractivity contribution in [2.45, 2.75) is 59.6 Å². The Hall–Kier alpha value is -2.34. The molecule has 2 rings (SSSR count). The first-order chi connectivity index (χ1) is 13.0. The number of hydrogen-bond acceptors (Lipinski definition) is 4. The summed E-state index contributed by atoms with van der Waals surface area (Å²) in [5.74, 6) is 0.110. The van der Waals surface area contributed by atoms with E-state index >= 15 is 0 Å². The van der Waals surface area contributed by atoms with E-state index in [-0.39, 0.29) is 17.0 Å². The zero-order chi connectivity index (χ0) is 21.2. The molecule has 0 bridgehead atoms. The van der Waals surface area contributed by atoms with Crippen LogP contribution in [0.25, 0.3) is 0 Å². The SMILES string of the molecule is CCc1nn(C)c(Cl)c1C(=O)NC(C)(C)C(=O)c1ccc(OC(C)C)cc1C. The Balaban J connectivity index is 2.27. The van der Waals surface area contributed by atoms with Gasteiger partial charge in [-0.05, 0) is 64.8 Å². The fourth-order valence-corrected chi connectivity index (χ4v) is 3.24. The molecule has 0 aliphatic heterocycles. The van der Waals surface area contributed by atoms with E-state index in [1.807, 2.05) is 33.8 Å². The summed E-state index contributed by atoms with van der Waals surface area (Å²) in [6, 6.07) is 5.33. The van der Waals surface area contributed by atoms with Gasteiger partial charge in [-0.25, -0.2) is 0 Å². The molecule has 1 aromatic carbocycles. The highest BCUT2D eigenvalue weighted by atomic mass is 35.5. The van der Waals surface area contributed by atoms with E-state index in [9.17, 15) is 9.59 Å². The Morgan fingerprint density at radius 2 is 1.96 bits per heavy atom. The third-order valence-electron chi connectivity index (χ3n) is 4.42. The third kappa shape index (κ3) is 4.55. The number of carbonyl (C=O) groups is 2. The molecule has 1 N–H and O–H groups in total. The molecule has 0 atom stereocenters.